The lowest BCUT2D eigenvalue weighted by Gasteiger charge is -2.00. The fourth-order valence-electron chi connectivity index (χ4n) is 1.50. The summed E-state index contributed by atoms with van der Waals surface area (Å²) in [6, 6.07) is 3.63. The van der Waals surface area contributed by atoms with E-state index in [0.717, 1.165) is 15.8 Å². The van der Waals surface area contributed by atoms with Gasteiger partial charge in [0.05, 0.1) is 12.2 Å². The second kappa shape index (κ2) is 6.16. The van der Waals surface area contributed by atoms with Crippen LogP contribution in [0, 0.1) is 6.92 Å². The molecule has 6 nitrogen and oxygen atoms in total. The highest BCUT2D eigenvalue weighted by molar-refractivity contribution is 7.12. The normalized spacial score (nSPS) is 10.8. The monoisotopic (exact) mass is 292 g/mol. The van der Waals surface area contributed by atoms with E-state index in [9.17, 15) is 9.59 Å². The van der Waals surface area contributed by atoms with Crippen molar-refractivity contribution in [2.24, 2.45) is 0 Å². The second-order valence-electron chi connectivity index (χ2n) is 3.93. The average Bonchev–Trinajstić information content (AvgIpc) is 3.02. The maximum atomic E-state index is 11.8. The summed E-state index contributed by atoms with van der Waals surface area (Å²) in [5.41, 5.74) is 0.541. The van der Waals surface area contributed by atoms with Crippen molar-refractivity contribution >= 4 is 29.3 Å². The number of thiophene rings is 1. The minimum absolute atomic E-state index is 0.201. The molecular weight excluding hydrogens is 280 g/mol. The van der Waals surface area contributed by atoms with Crippen LogP contribution in [0.5, 0.6) is 0 Å². The molecule has 2 rings (SSSR count). The van der Waals surface area contributed by atoms with Crippen LogP contribution in [0.2, 0.25) is 0 Å². The molecule has 2 aromatic rings. The van der Waals surface area contributed by atoms with Crippen molar-refractivity contribution in [1.82, 2.24) is 10.3 Å². The molecule has 0 aliphatic rings. The number of oxazole rings is 1. The molecule has 0 unspecified atom stereocenters. The third-order valence-electron chi connectivity index (χ3n) is 2.45. The van der Waals surface area contributed by atoms with Gasteiger partial charge in [-0.15, -0.1) is 11.3 Å². The van der Waals surface area contributed by atoms with Gasteiger partial charge in [0.25, 0.3) is 5.91 Å². The van der Waals surface area contributed by atoms with E-state index in [0.29, 0.717) is 12.2 Å². The van der Waals surface area contributed by atoms with Crippen LogP contribution in [-0.2, 0) is 11.3 Å². The van der Waals surface area contributed by atoms with Gasteiger partial charge in [-0.3, -0.25) is 4.79 Å². The molecule has 0 fully saturated rings. The number of rotatable bonds is 5. The maximum absolute atomic E-state index is 11.8. The molecule has 2 N–H and O–H groups in total. The Morgan fingerprint density at radius 2 is 2.30 bits per heavy atom. The topological polar surface area (TPSA) is 92.4 Å². The molecule has 1 amide bonds. The van der Waals surface area contributed by atoms with Gasteiger partial charge in [0.2, 0.25) is 5.76 Å². The lowest BCUT2D eigenvalue weighted by atomic mass is 10.3. The second-order valence-corrected chi connectivity index (χ2v) is 5.13. The molecule has 0 saturated heterocycles. The Morgan fingerprint density at radius 3 is 2.95 bits per heavy atom. The van der Waals surface area contributed by atoms with Crippen molar-refractivity contribution in [2.75, 3.05) is 0 Å². The third-order valence-corrected chi connectivity index (χ3v) is 3.50. The predicted octanol–water partition coefficient (Wildman–Crippen LogP) is 2.07. The van der Waals surface area contributed by atoms with Crippen LogP contribution in [0.15, 0.2) is 29.0 Å². The first-order chi connectivity index (χ1) is 9.56. The summed E-state index contributed by atoms with van der Waals surface area (Å²) >= 11 is 1.41. The van der Waals surface area contributed by atoms with Crippen LogP contribution >= 0.6 is 11.3 Å². The van der Waals surface area contributed by atoms with Gasteiger partial charge in [-0.25, -0.2) is 9.78 Å². The summed E-state index contributed by atoms with van der Waals surface area (Å²) in [6.45, 7) is 2.04. The third kappa shape index (κ3) is 3.55. The van der Waals surface area contributed by atoms with Crippen molar-refractivity contribution in [1.29, 1.82) is 0 Å². The number of carboxylic acid groups (broad SMARTS) is 1. The fourth-order valence-corrected chi connectivity index (χ4v) is 2.36. The highest BCUT2D eigenvalue weighted by Gasteiger charge is 2.13. The summed E-state index contributed by atoms with van der Waals surface area (Å²) in [5.74, 6) is -1.11. The van der Waals surface area contributed by atoms with Gasteiger partial charge >= 0.3 is 5.97 Å². The van der Waals surface area contributed by atoms with Crippen LogP contribution in [0.1, 0.15) is 26.0 Å². The van der Waals surface area contributed by atoms with E-state index in [2.05, 4.69) is 10.3 Å². The molecule has 0 aliphatic carbocycles. The van der Waals surface area contributed by atoms with Crippen LogP contribution in [-0.4, -0.2) is 22.0 Å². The quantitative estimate of drug-likeness (QED) is 0.823. The number of hydrogen-bond acceptors (Lipinski definition) is 5. The van der Waals surface area contributed by atoms with Crippen LogP contribution in [0.25, 0.3) is 6.08 Å². The van der Waals surface area contributed by atoms with E-state index in [4.69, 9.17) is 9.52 Å². The zero-order valence-corrected chi connectivity index (χ0v) is 11.4. The first-order valence-electron chi connectivity index (χ1n) is 5.74. The first kappa shape index (κ1) is 14.0. The molecule has 2 heterocycles. The minimum Gasteiger partial charge on any atom is -0.478 e. The molecule has 104 valence electrons. The zero-order valence-electron chi connectivity index (χ0n) is 10.6. The van der Waals surface area contributed by atoms with E-state index in [-0.39, 0.29) is 11.7 Å². The number of nitrogens with one attached hydrogen (secondary N) is 1. The van der Waals surface area contributed by atoms with Gasteiger partial charge in [-0.05, 0) is 25.1 Å². The highest BCUT2D eigenvalue weighted by atomic mass is 32.1. The summed E-state index contributed by atoms with van der Waals surface area (Å²) in [6.07, 6.45) is 3.81. The number of carboxylic acids is 1. The molecule has 0 spiro atoms. The molecule has 2 aromatic heterocycles. The molecule has 7 heteroatoms. The maximum Gasteiger partial charge on any atom is 0.328 e. The molecular formula is C13H12N2O4S. The predicted molar refractivity (Wildman–Crippen MR) is 73.4 cm³/mol. The van der Waals surface area contributed by atoms with Crippen molar-refractivity contribution in [2.45, 2.75) is 13.5 Å². The van der Waals surface area contributed by atoms with Crippen molar-refractivity contribution in [3.63, 3.8) is 0 Å². The Balaban J connectivity index is 1.93. The van der Waals surface area contributed by atoms with Crippen LogP contribution in [0.3, 0.4) is 0 Å². The van der Waals surface area contributed by atoms with Crippen LogP contribution < -0.4 is 5.32 Å². The molecule has 0 aliphatic heterocycles. The summed E-state index contributed by atoms with van der Waals surface area (Å²) in [7, 11) is 0. The van der Waals surface area contributed by atoms with E-state index in [1.807, 2.05) is 6.07 Å². The fraction of sp³-hybridized carbons (Fsp3) is 0.154. The van der Waals surface area contributed by atoms with E-state index in [1.165, 1.54) is 23.8 Å². The molecule has 0 saturated carbocycles. The standard InChI is InChI=1S/C13H12N2O4S/c1-8-12(19-7-15-8)13(18)14-6-10-3-2-9(20-10)4-5-11(16)17/h2-5,7H,6H2,1H3,(H,14,18)(H,16,17)/b5-4+. The van der Waals surface area contributed by atoms with E-state index >= 15 is 0 Å². The molecule has 0 bridgehead atoms. The number of aryl methyl sites for hydroxylation is 1. The SMILES string of the molecule is Cc1ncoc1C(=O)NCc1ccc(/C=C/C(=O)O)s1. The van der Waals surface area contributed by atoms with E-state index in [1.54, 1.807) is 13.0 Å². The minimum atomic E-state index is -0.992. The summed E-state index contributed by atoms with van der Waals surface area (Å²) in [5, 5.41) is 11.3. The Labute approximate surface area is 118 Å². The lowest BCUT2D eigenvalue weighted by molar-refractivity contribution is -0.131. The molecule has 0 radical (unpaired) electrons. The summed E-state index contributed by atoms with van der Waals surface area (Å²) < 4.78 is 4.99. The average molecular weight is 292 g/mol. The molecule has 0 atom stereocenters. The Morgan fingerprint density at radius 1 is 1.50 bits per heavy atom. The van der Waals surface area contributed by atoms with Gasteiger partial charge < -0.3 is 14.8 Å². The number of aliphatic carboxylic acids is 1. The first-order valence-corrected chi connectivity index (χ1v) is 6.56. The van der Waals surface area contributed by atoms with Gasteiger partial charge in [-0.1, -0.05) is 0 Å². The number of carbonyl (C=O) groups excluding carboxylic acids is 1. The molecule has 0 aromatic carbocycles. The highest BCUT2D eigenvalue weighted by Crippen LogP contribution is 2.18. The van der Waals surface area contributed by atoms with Gasteiger partial charge in [0.15, 0.2) is 6.39 Å². The Hall–Kier alpha value is -2.41. The smallest absolute Gasteiger partial charge is 0.328 e. The van der Waals surface area contributed by atoms with Crippen molar-refractivity contribution < 1.29 is 19.1 Å². The molecule has 20 heavy (non-hydrogen) atoms. The number of carbonyl (C=O) groups is 2. The van der Waals surface area contributed by atoms with Gasteiger partial charge in [0, 0.05) is 15.8 Å². The van der Waals surface area contributed by atoms with Crippen molar-refractivity contribution in [3.8, 4) is 0 Å². The Bertz CT molecular complexity index is 657. The van der Waals surface area contributed by atoms with E-state index < -0.39 is 5.97 Å². The number of aromatic nitrogens is 1. The number of nitrogens with zero attached hydrogens (tertiary/aromatic N) is 1. The lowest BCUT2D eigenvalue weighted by Crippen LogP contribution is -2.22. The van der Waals surface area contributed by atoms with Gasteiger partial charge in [-0.2, -0.15) is 0 Å². The summed E-state index contributed by atoms with van der Waals surface area (Å²) in [4.78, 5) is 27.8. The number of hydrogen-bond donors (Lipinski definition) is 2. The number of amides is 1. The van der Waals surface area contributed by atoms with Crippen LogP contribution in [0.4, 0.5) is 0 Å². The Kier molecular flexibility index (Phi) is 4.31. The van der Waals surface area contributed by atoms with Crippen molar-refractivity contribution in [3.05, 3.63) is 45.8 Å². The van der Waals surface area contributed by atoms with Gasteiger partial charge in [0.1, 0.15) is 0 Å². The zero-order chi connectivity index (χ0) is 14.5. The largest absolute Gasteiger partial charge is 0.478 e.